The second-order valence-corrected chi connectivity index (χ2v) is 6.31. The lowest BCUT2D eigenvalue weighted by molar-refractivity contribution is 0.0974. The molecule has 1 heterocycles. The van der Waals surface area contributed by atoms with Crippen LogP contribution < -0.4 is 5.32 Å². The Kier molecular flexibility index (Phi) is 4.44. The molecule has 0 radical (unpaired) electrons. The van der Waals surface area contributed by atoms with Gasteiger partial charge in [-0.1, -0.05) is 23.7 Å². The van der Waals surface area contributed by atoms with Crippen LogP contribution in [0.25, 0.3) is 0 Å². The van der Waals surface area contributed by atoms with E-state index in [0.717, 1.165) is 18.4 Å². The number of nitrogens with one attached hydrogen (secondary N) is 1. The van der Waals surface area contributed by atoms with Gasteiger partial charge in [0.05, 0.1) is 0 Å². The van der Waals surface area contributed by atoms with Gasteiger partial charge in [-0.15, -0.1) is 0 Å². The number of amides is 1. The molecular weight excluding hydrogens is 312 g/mol. The number of aromatic nitrogens is 1. The van der Waals surface area contributed by atoms with Crippen LogP contribution in [0.4, 0.5) is 5.69 Å². The molecule has 0 bridgehead atoms. The molecule has 0 spiro atoms. The van der Waals surface area contributed by atoms with Gasteiger partial charge in [-0.3, -0.25) is 9.59 Å². The predicted molar refractivity (Wildman–Crippen MR) is 90.1 cm³/mol. The van der Waals surface area contributed by atoms with Crippen LogP contribution >= 0.6 is 11.6 Å². The molecule has 2 aromatic rings. The SMILES string of the molecule is Cc1ccc(C(=O)CC2CC2)cc1NC(=O)c1ccnc(Cl)c1. The molecule has 5 heteroatoms. The quantitative estimate of drug-likeness (QED) is 0.658. The van der Waals surface area contributed by atoms with E-state index in [4.69, 9.17) is 11.6 Å². The van der Waals surface area contributed by atoms with Gasteiger partial charge in [0.15, 0.2) is 5.78 Å². The number of anilines is 1. The first kappa shape index (κ1) is 15.7. The van der Waals surface area contributed by atoms with Crippen LogP contribution in [0.5, 0.6) is 0 Å². The maximum Gasteiger partial charge on any atom is 0.255 e. The fraction of sp³-hybridized carbons (Fsp3) is 0.278. The van der Waals surface area contributed by atoms with Crippen molar-refractivity contribution in [3.8, 4) is 0 Å². The molecule has 3 rings (SSSR count). The second kappa shape index (κ2) is 6.50. The number of benzene rings is 1. The largest absolute Gasteiger partial charge is 0.322 e. The van der Waals surface area contributed by atoms with Crippen LogP contribution in [0.15, 0.2) is 36.5 Å². The molecule has 1 fully saturated rings. The average molecular weight is 329 g/mol. The maximum atomic E-state index is 12.3. The number of aryl methyl sites for hydroxylation is 1. The standard InChI is InChI=1S/C18H17ClN2O2/c1-11-2-5-13(16(22)8-12-3-4-12)9-15(11)21-18(23)14-6-7-20-17(19)10-14/h2,5-7,9-10,12H,3-4,8H2,1H3,(H,21,23). The van der Waals surface area contributed by atoms with E-state index < -0.39 is 0 Å². The van der Waals surface area contributed by atoms with Crippen LogP contribution in [0.2, 0.25) is 5.15 Å². The van der Waals surface area contributed by atoms with Gasteiger partial charge in [0.25, 0.3) is 5.91 Å². The van der Waals surface area contributed by atoms with Crippen LogP contribution in [-0.4, -0.2) is 16.7 Å². The highest BCUT2D eigenvalue weighted by atomic mass is 35.5. The van der Waals surface area contributed by atoms with Gasteiger partial charge in [-0.2, -0.15) is 0 Å². The summed E-state index contributed by atoms with van der Waals surface area (Å²) in [4.78, 5) is 28.4. The van der Waals surface area contributed by atoms with Gasteiger partial charge >= 0.3 is 0 Å². The van der Waals surface area contributed by atoms with E-state index in [-0.39, 0.29) is 16.8 Å². The van der Waals surface area contributed by atoms with Crippen molar-refractivity contribution in [1.29, 1.82) is 0 Å². The van der Waals surface area contributed by atoms with Crippen molar-refractivity contribution in [3.63, 3.8) is 0 Å². The number of ketones is 1. The third-order valence-corrected chi connectivity index (χ3v) is 4.17. The van der Waals surface area contributed by atoms with E-state index in [0.29, 0.717) is 29.2 Å². The zero-order valence-electron chi connectivity index (χ0n) is 12.8. The Morgan fingerprint density at radius 2 is 2.00 bits per heavy atom. The summed E-state index contributed by atoms with van der Waals surface area (Å²) in [7, 11) is 0. The molecule has 1 aliphatic carbocycles. The van der Waals surface area contributed by atoms with E-state index in [1.807, 2.05) is 19.1 Å². The molecule has 0 aliphatic heterocycles. The van der Waals surface area contributed by atoms with Crippen molar-refractivity contribution >= 4 is 29.0 Å². The van der Waals surface area contributed by atoms with Crippen molar-refractivity contribution in [2.45, 2.75) is 26.2 Å². The minimum atomic E-state index is -0.274. The van der Waals surface area contributed by atoms with Crippen molar-refractivity contribution in [2.75, 3.05) is 5.32 Å². The van der Waals surface area contributed by atoms with Gasteiger partial charge in [0.1, 0.15) is 5.15 Å². The molecule has 1 saturated carbocycles. The van der Waals surface area contributed by atoms with Gasteiger partial charge in [0.2, 0.25) is 0 Å². The van der Waals surface area contributed by atoms with E-state index in [2.05, 4.69) is 10.3 Å². The molecule has 23 heavy (non-hydrogen) atoms. The highest BCUT2D eigenvalue weighted by Crippen LogP contribution is 2.33. The zero-order chi connectivity index (χ0) is 16.4. The number of pyridine rings is 1. The normalized spacial score (nSPS) is 13.7. The molecule has 0 saturated heterocycles. The Bertz CT molecular complexity index is 769. The Balaban J connectivity index is 1.78. The summed E-state index contributed by atoms with van der Waals surface area (Å²) in [5, 5.41) is 3.11. The number of nitrogens with zero attached hydrogens (tertiary/aromatic N) is 1. The lowest BCUT2D eigenvalue weighted by atomic mass is 10.0. The average Bonchev–Trinajstić information content (AvgIpc) is 3.33. The summed E-state index contributed by atoms with van der Waals surface area (Å²) < 4.78 is 0. The van der Waals surface area contributed by atoms with Gasteiger partial charge in [-0.25, -0.2) is 4.98 Å². The highest BCUT2D eigenvalue weighted by Gasteiger charge is 2.25. The molecule has 1 N–H and O–H groups in total. The molecule has 4 nitrogen and oxygen atoms in total. The number of halogens is 1. The fourth-order valence-corrected chi connectivity index (χ4v) is 2.54. The summed E-state index contributed by atoms with van der Waals surface area (Å²) in [5.41, 5.74) is 2.62. The van der Waals surface area contributed by atoms with Gasteiger partial charge in [0, 0.05) is 29.4 Å². The molecule has 1 aliphatic rings. The van der Waals surface area contributed by atoms with Crippen molar-refractivity contribution < 1.29 is 9.59 Å². The first-order valence-electron chi connectivity index (χ1n) is 7.59. The Labute approximate surface area is 139 Å². The van der Waals surface area contributed by atoms with Crippen LogP contribution in [0, 0.1) is 12.8 Å². The summed E-state index contributed by atoms with van der Waals surface area (Å²) >= 11 is 5.81. The summed E-state index contributed by atoms with van der Waals surface area (Å²) in [6.07, 6.45) is 4.37. The van der Waals surface area contributed by atoms with Crippen LogP contribution in [0.1, 0.15) is 45.5 Å². The molecule has 0 atom stereocenters. The summed E-state index contributed by atoms with van der Waals surface area (Å²) in [6.45, 7) is 1.89. The second-order valence-electron chi connectivity index (χ2n) is 5.92. The zero-order valence-corrected chi connectivity index (χ0v) is 13.6. The number of hydrogen-bond donors (Lipinski definition) is 1. The van der Waals surface area contributed by atoms with Gasteiger partial charge < -0.3 is 5.32 Å². The Morgan fingerprint density at radius 1 is 1.22 bits per heavy atom. The highest BCUT2D eigenvalue weighted by molar-refractivity contribution is 6.29. The molecular formula is C18H17ClN2O2. The third-order valence-electron chi connectivity index (χ3n) is 3.97. The summed E-state index contributed by atoms with van der Waals surface area (Å²) in [6, 6.07) is 8.53. The van der Waals surface area contributed by atoms with E-state index in [1.54, 1.807) is 12.1 Å². The van der Waals surface area contributed by atoms with E-state index in [1.165, 1.54) is 12.3 Å². The number of rotatable bonds is 5. The lowest BCUT2D eigenvalue weighted by Gasteiger charge is -2.10. The van der Waals surface area contributed by atoms with E-state index in [9.17, 15) is 9.59 Å². The van der Waals surface area contributed by atoms with Gasteiger partial charge in [-0.05, 0) is 49.4 Å². The van der Waals surface area contributed by atoms with Crippen molar-refractivity contribution in [1.82, 2.24) is 4.98 Å². The number of hydrogen-bond acceptors (Lipinski definition) is 3. The molecule has 1 aromatic heterocycles. The monoisotopic (exact) mass is 328 g/mol. The molecule has 0 unspecified atom stereocenters. The summed E-state index contributed by atoms with van der Waals surface area (Å²) in [5.74, 6) is 0.403. The Hall–Kier alpha value is -2.20. The van der Waals surface area contributed by atoms with Crippen molar-refractivity contribution in [2.24, 2.45) is 5.92 Å². The molecule has 1 aromatic carbocycles. The van der Waals surface area contributed by atoms with Crippen LogP contribution in [0.3, 0.4) is 0 Å². The lowest BCUT2D eigenvalue weighted by Crippen LogP contribution is -2.13. The third kappa shape index (κ3) is 3.96. The topological polar surface area (TPSA) is 59.1 Å². The number of carbonyl (C=O) groups excluding carboxylic acids is 2. The molecule has 1 amide bonds. The maximum absolute atomic E-state index is 12.3. The predicted octanol–water partition coefficient (Wildman–Crippen LogP) is 4.28. The number of carbonyl (C=O) groups is 2. The first-order valence-corrected chi connectivity index (χ1v) is 7.97. The smallest absolute Gasteiger partial charge is 0.255 e. The Morgan fingerprint density at radius 3 is 2.70 bits per heavy atom. The molecule has 118 valence electrons. The fourth-order valence-electron chi connectivity index (χ4n) is 2.37. The van der Waals surface area contributed by atoms with Crippen LogP contribution in [-0.2, 0) is 0 Å². The number of Topliss-reactive ketones (excluding diaryl/α,β-unsaturated/α-hetero) is 1. The van der Waals surface area contributed by atoms with Crippen molar-refractivity contribution in [3.05, 3.63) is 58.4 Å². The first-order chi connectivity index (χ1) is 11.0. The minimum absolute atomic E-state index is 0.134. The van der Waals surface area contributed by atoms with E-state index >= 15 is 0 Å². The minimum Gasteiger partial charge on any atom is -0.322 e.